The van der Waals surface area contributed by atoms with Gasteiger partial charge in [-0.3, -0.25) is 9.69 Å². The molecule has 1 amide bonds. The molecule has 0 unspecified atom stereocenters. The molecule has 0 saturated carbocycles. The van der Waals surface area contributed by atoms with Gasteiger partial charge in [0, 0.05) is 5.69 Å². The first kappa shape index (κ1) is 14.9. The van der Waals surface area contributed by atoms with Gasteiger partial charge < -0.3 is 11.1 Å². The van der Waals surface area contributed by atoms with Gasteiger partial charge in [0.25, 0.3) is 0 Å². The minimum Gasteiger partial charge on any atom is -0.330 e. The molecule has 110 valence electrons. The number of hydrogen-bond donors (Lipinski definition) is 2. The Balaban J connectivity index is 1.79. The molecule has 0 atom stereocenters. The van der Waals surface area contributed by atoms with Crippen LogP contribution in [0.4, 0.5) is 10.1 Å². The van der Waals surface area contributed by atoms with Gasteiger partial charge in [0.15, 0.2) is 0 Å². The van der Waals surface area contributed by atoms with Crippen LogP contribution in [0.5, 0.6) is 0 Å². The second kappa shape index (κ2) is 6.33. The summed E-state index contributed by atoms with van der Waals surface area (Å²) in [6.07, 6.45) is 2.04. The quantitative estimate of drug-likeness (QED) is 0.884. The van der Waals surface area contributed by atoms with E-state index in [9.17, 15) is 9.18 Å². The molecule has 1 aromatic carbocycles. The summed E-state index contributed by atoms with van der Waals surface area (Å²) in [6.45, 7) is 5.05. The second-order valence-electron chi connectivity index (χ2n) is 5.85. The van der Waals surface area contributed by atoms with Crippen molar-refractivity contribution in [2.75, 3.05) is 31.5 Å². The molecule has 0 aromatic heterocycles. The Bertz CT molecular complexity index is 453. The van der Waals surface area contributed by atoms with Crippen molar-refractivity contribution in [3.8, 4) is 0 Å². The number of nitrogens with two attached hydrogens (primary N) is 1. The molecule has 0 spiro atoms. The zero-order chi connectivity index (χ0) is 14.6. The molecule has 1 aromatic rings. The van der Waals surface area contributed by atoms with Crippen LogP contribution in [0, 0.1) is 11.2 Å². The van der Waals surface area contributed by atoms with Gasteiger partial charge in [-0.15, -0.1) is 0 Å². The van der Waals surface area contributed by atoms with Gasteiger partial charge in [-0.05, 0) is 62.2 Å². The van der Waals surface area contributed by atoms with Crippen molar-refractivity contribution >= 4 is 11.6 Å². The lowest BCUT2D eigenvalue weighted by Gasteiger charge is -2.38. The van der Waals surface area contributed by atoms with Crippen molar-refractivity contribution < 1.29 is 9.18 Å². The summed E-state index contributed by atoms with van der Waals surface area (Å²) >= 11 is 0. The maximum atomic E-state index is 12.8. The first-order valence-electron chi connectivity index (χ1n) is 6.99. The molecule has 3 N–H and O–H groups in total. The molecule has 5 heteroatoms. The number of rotatable bonds is 4. The van der Waals surface area contributed by atoms with Crippen molar-refractivity contribution in [2.24, 2.45) is 11.1 Å². The molecule has 1 saturated heterocycles. The van der Waals surface area contributed by atoms with E-state index in [1.54, 1.807) is 12.1 Å². The Morgan fingerprint density at radius 1 is 1.35 bits per heavy atom. The van der Waals surface area contributed by atoms with Crippen LogP contribution in [0.1, 0.15) is 19.8 Å². The number of carbonyl (C=O) groups excluding carboxylic acids is 1. The summed E-state index contributed by atoms with van der Waals surface area (Å²) in [4.78, 5) is 14.1. The number of halogens is 1. The van der Waals surface area contributed by atoms with Gasteiger partial charge in [-0.2, -0.15) is 0 Å². The number of anilines is 1. The van der Waals surface area contributed by atoms with E-state index in [2.05, 4.69) is 17.1 Å². The number of amides is 1. The first-order chi connectivity index (χ1) is 9.50. The van der Waals surface area contributed by atoms with Crippen molar-refractivity contribution in [1.82, 2.24) is 4.90 Å². The van der Waals surface area contributed by atoms with Crippen LogP contribution in [0.15, 0.2) is 24.3 Å². The number of nitrogens with zero attached hydrogens (tertiary/aromatic N) is 1. The molecule has 1 fully saturated rings. The predicted molar refractivity (Wildman–Crippen MR) is 77.9 cm³/mol. The number of carbonyl (C=O) groups is 1. The Kier molecular flexibility index (Phi) is 4.73. The normalized spacial score (nSPS) is 18.8. The van der Waals surface area contributed by atoms with Gasteiger partial charge >= 0.3 is 0 Å². The molecule has 0 bridgehead atoms. The van der Waals surface area contributed by atoms with E-state index in [1.807, 2.05) is 0 Å². The molecule has 0 aliphatic carbocycles. The zero-order valence-electron chi connectivity index (χ0n) is 11.9. The molecule has 4 nitrogen and oxygen atoms in total. The van der Waals surface area contributed by atoms with Crippen LogP contribution in [-0.2, 0) is 4.79 Å². The van der Waals surface area contributed by atoms with E-state index in [-0.39, 0.29) is 17.1 Å². The van der Waals surface area contributed by atoms with E-state index >= 15 is 0 Å². The summed E-state index contributed by atoms with van der Waals surface area (Å²) in [6, 6.07) is 5.80. The Morgan fingerprint density at radius 2 is 1.95 bits per heavy atom. The van der Waals surface area contributed by atoms with Gasteiger partial charge in [-0.25, -0.2) is 4.39 Å². The summed E-state index contributed by atoms with van der Waals surface area (Å²) in [7, 11) is 0. The monoisotopic (exact) mass is 279 g/mol. The van der Waals surface area contributed by atoms with Gasteiger partial charge in [0.1, 0.15) is 5.82 Å². The van der Waals surface area contributed by atoms with Crippen LogP contribution < -0.4 is 11.1 Å². The summed E-state index contributed by atoms with van der Waals surface area (Å²) in [5.41, 5.74) is 6.61. The maximum Gasteiger partial charge on any atom is 0.238 e. The fourth-order valence-electron chi connectivity index (χ4n) is 2.39. The van der Waals surface area contributed by atoms with Crippen molar-refractivity contribution in [2.45, 2.75) is 19.8 Å². The SMILES string of the molecule is CC1(CN)CCN(CC(=O)Nc2ccc(F)cc2)CC1. The van der Waals surface area contributed by atoms with Crippen LogP contribution in [0.25, 0.3) is 0 Å². The largest absolute Gasteiger partial charge is 0.330 e. The van der Waals surface area contributed by atoms with E-state index in [0.29, 0.717) is 18.8 Å². The third-order valence-corrected chi connectivity index (χ3v) is 4.05. The highest BCUT2D eigenvalue weighted by Gasteiger charge is 2.29. The Labute approximate surface area is 119 Å². The Hall–Kier alpha value is -1.46. The third-order valence-electron chi connectivity index (χ3n) is 4.05. The highest BCUT2D eigenvalue weighted by Crippen LogP contribution is 2.29. The fourth-order valence-corrected chi connectivity index (χ4v) is 2.39. The van der Waals surface area contributed by atoms with Gasteiger partial charge in [0.05, 0.1) is 6.54 Å². The van der Waals surface area contributed by atoms with E-state index in [0.717, 1.165) is 25.9 Å². The first-order valence-corrected chi connectivity index (χ1v) is 6.99. The lowest BCUT2D eigenvalue weighted by molar-refractivity contribution is -0.117. The predicted octanol–water partition coefficient (Wildman–Crippen LogP) is 1.82. The molecule has 0 radical (unpaired) electrons. The second-order valence-corrected chi connectivity index (χ2v) is 5.85. The van der Waals surface area contributed by atoms with Crippen LogP contribution in [0.3, 0.4) is 0 Å². The number of hydrogen-bond acceptors (Lipinski definition) is 3. The summed E-state index contributed by atoms with van der Waals surface area (Å²) < 4.78 is 12.8. The van der Waals surface area contributed by atoms with Crippen LogP contribution in [-0.4, -0.2) is 37.0 Å². The number of nitrogens with one attached hydrogen (secondary N) is 1. The maximum absolute atomic E-state index is 12.8. The zero-order valence-corrected chi connectivity index (χ0v) is 11.9. The average molecular weight is 279 g/mol. The van der Waals surface area contributed by atoms with Gasteiger partial charge in [0.2, 0.25) is 5.91 Å². The smallest absolute Gasteiger partial charge is 0.238 e. The lowest BCUT2D eigenvalue weighted by atomic mass is 9.80. The fraction of sp³-hybridized carbons (Fsp3) is 0.533. The topological polar surface area (TPSA) is 58.4 Å². The Morgan fingerprint density at radius 3 is 2.50 bits per heavy atom. The number of likely N-dealkylation sites (tertiary alicyclic amines) is 1. The molecule has 2 rings (SSSR count). The molecule has 20 heavy (non-hydrogen) atoms. The third kappa shape index (κ3) is 4.02. The molecule has 1 aliphatic heterocycles. The molecular formula is C15H22FN3O. The highest BCUT2D eigenvalue weighted by atomic mass is 19.1. The minimum atomic E-state index is -0.305. The standard InChI is InChI=1S/C15H22FN3O/c1-15(11-17)6-8-19(9-7-15)10-14(20)18-13-4-2-12(16)3-5-13/h2-5H,6-11,17H2,1H3,(H,18,20). The van der Waals surface area contributed by atoms with E-state index in [4.69, 9.17) is 5.73 Å². The lowest BCUT2D eigenvalue weighted by Crippen LogP contribution is -2.44. The summed E-state index contributed by atoms with van der Waals surface area (Å²) in [5, 5.41) is 2.78. The van der Waals surface area contributed by atoms with Crippen LogP contribution in [0.2, 0.25) is 0 Å². The van der Waals surface area contributed by atoms with Crippen molar-refractivity contribution in [1.29, 1.82) is 0 Å². The average Bonchev–Trinajstić information content (AvgIpc) is 2.44. The van der Waals surface area contributed by atoms with Crippen molar-refractivity contribution in [3.63, 3.8) is 0 Å². The van der Waals surface area contributed by atoms with Gasteiger partial charge in [-0.1, -0.05) is 6.92 Å². The highest BCUT2D eigenvalue weighted by molar-refractivity contribution is 5.92. The summed E-state index contributed by atoms with van der Waals surface area (Å²) in [5.74, 6) is -0.368. The van der Waals surface area contributed by atoms with E-state index < -0.39 is 0 Å². The minimum absolute atomic E-state index is 0.0621. The van der Waals surface area contributed by atoms with E-state index in [1.165, 1.54) is 12.1 Å². The number of benzene rings is 1. The molecule has 1 aliphatic rings. The molecule has 1 heterocycles. The number of piperidine rings is 1. The van der Waals surface area contributed by atoms with Crippen molar-refractivity contribution in [3.05, 3.63) is 30.1 Å². The molecular weight excluding hydrogens is 257 g/mol. The van der Waals surface area contributed by atoms with Crippen LogP contribution >= 0.6 is 0 Å².